The van der Waals surface area contributed by atoms with Crippen molar-refractivity contribution in [2.24, 2.45) is 0 Å². The van der Waals surface area contributed by atoms with E-state index in [1.54, 1.807) is 34.4 Å². The van der Waals surface area contributed by atoms with Gasteiger partial charge in [-0.15, -0.1) is 21.5 Å². The van der Waals surface area contributed by atoms with Crippen molar-refractivity contribution in [3.05, 3.63) is 28.4 Å². The summed E-state index contributed by atoms with van der Waals surface area (Å²) in [6.45, 7) is 3.96. The predicted molar refractivity (Wildman–Crippen MR) is 76.5 cm³/mol. The largest absolute Gasteiger partial charge is 0.338 e. The Morgan fingerprint density at radius 1 is 1.37 bits per heavy atom. The zero-order valence-corrected chi connectivity index (χ0v) is 12.7. The molecule has 0 saturated heterocycles. The molecule has 5 nitrogen and oxygen atoms in total. The highest BCUT2D eigenvalue weighted by atomic mass is 32.2. The fourth-order valence-corrected chi connectivity index (χ4v) is 4.07. The number of nitrogens with zero attached hydrogens (tertiary/aromatic N) is 4. The van der Waals surface area contributed by atoms with Crippen LogP contribution in [0, 0.1) is 6.92 Å². The van der Waals surface area contributed by atoms with Crippen LogP contribution in [0.2, 0.25) is 0 Å². The average Bonchev–Trinajstić information content (AvgIpc) is 3.08. The van der Waals surface area contributed by atoms with E-state index >= 15 is 0 Å². The maximum Gasteiger partial charge on any atom is 0.240 e. The Morgan fingerprint density at radius 2 is 2.26 bits per heavy atom. The van der Waals surface area contributed by atoms with Gasteiger partial charge in [-0.2, -0.15) is 4.98 Å². The van der Waals surface area contributed by atoms with Crippen LogP contribution in [-0.2, 0) is 0 Å². The zero-order valence-electron chi connectivity index (χ0n) is 10.2. The lowest BCUT2D eigenvalue weighted by atomic mass is 10.4. The molecule has 0 bridgehead atoms. The van der Waals surface area contributed by atoms with E-state index < -0.39 is 0 Å². The molecule has 0 aliphatic heterocycles. The summed E-state index contributed by atoms with van der Waals surface area (Å²) in [4.78, 5) is 5.44. The zero-order chi connectivity index (χ0) is 13.2. The smallest absolute Gasteiger partial charge is 0.240 e. The van der Waals surface area contributed by atoms with Gasteiger partial charge in [-0.25, -0.2) is 0 Å². The Hall–Kier alpha value is -1.25. The average molecular weight is 310 g/mol. The summed E-state index contributed by atoms with van der Waals surface area (Å²) in [5, 5.41) is 15.1. The van der Waals surface area contributed by atoms with Gasteiger partial charge in [0.2, 0.25) is 11.7 Å². The Kier molecular flexibility index (Phi) is 3.63. The van der Waals surface area contributed by atoms with Crippen LogP contribution in [0.15, 0.2) is 26.4 Å². The lowest BCUT2D eigenvalue weighted by Crippen LogP contribution is -1.88. The number of rotatable bonds is 4. The van der Waals surface area contributed by atoms with Crippen LogP contribution < -0.4 is 0 Å². The first kappa shape index (κ1) is 12.8. The van der Waals surface area contributed by atoms with Crippen molar-refractivity contribution < 1.29 is 4.52 Å². The van der Waals surface area contributed by atoms with Crippen LogP contribution in [0.5, 0.6) is 0 Å². The Balaban J connectivity index is 1.75. The molecule has 0 aliphatic rings. The molecular formula is C11H10N4OS3. The first-order chi connectivity index (χ1) is 9.22. The molecule has 0 amide bonds. The van der Waals surface area contributed by atoms with E-state index in [1.165, 1.54) is 0 Å². The van der Waals surface area contributed by atoms with Crippen LogP contribution in [0.1, 0.15) is 23.1 Å². The molecule has 3 aromatic rings. The highest BCUT2D eigenvalue weighted by Gasteiger charge is 2.18. The fraction of sp³-hybridized carbons (Fsp3) is 0.273. The molecule has 8 heteroatoms. The van der Waals surface area contributed by atoms with E-state index in [0.29, 0.717) is 11.7 Å². The molecule has 0 saturated carbocycles. The van der Waals surface area contributed by atoms with E-state index in [0.717, 1.165) is 14.2 Å². The van der Waals surface area contributed by atoms with Gasteiger partial charge < -0.3 is 4.52 Å². The minimum atomic E-state index is 0.0635. The monoisotopic (exact) mass is 310 g/mol. The molecule has 3 heterocycles. The minimum Gasteiger partial charge on any atom is -0.338 e. The van der Waals surface area contributed by atoms with Gasteiger partial charge in [-0.05, 0) is 25.3 Å². The number of thioether (sulfide) groups is 1. The van der Waals surface area contributed by atoms with Crippen molar-refractivity contribution in [1.82, 2.24) is 20.3 Å². The number of aryl methyl sites for hydroxylation is 1. The van der Waals surface area contributed by atoms with Gasteiger partial charge in [0.25, 0.3) is 0 Å². The molecule has 0 aliphatic carbocycles. The second kappa shape index (κ2) is 5.40. The molecule has 0 N–H and O–H groups in total. The molecule has 19 heavy (non-hydrogen) atoms. The molecule has 0 radical (unpaired) electrons. The third-order valence-electron chi connectivity index (χ3n) is 2.32. The van der Waals surface area contributed by atoms with Gasteiger partial charge in [-0.3, -0.25) is 0 Å². The van der Waals surface area contributed by atoms with Gasteiger partial charge in [0.1, 0.15) is 5.01 Å². The minimum absolute atomic E-state index is 0.0635. The summed E-state index contributed by atoms with van der Waals surface area (Å²) in [6.07, 6.45) is 0. The van der Waals surface area contributed by atoms with E-state index in [9.17, 15) is 0 Å². The summed E-state index contributed by atoms with van der Waals surface area (Å²) >= 11 is 4.74. The van der Waals surface area contributed by atoms with E-state index in [-0.39, 0.29) is 5.25 Å². The third-order valence-corrected chi connectivity index (χ3v) is 5.19. The van der Waals surface area contributed by atoms with Crippen molar-refractivity contribution in [3.8, 4) is 10.7 Å². The van der Waals surface area contributed by atoms with Gasteiger partial charge in [-0.1, -0.05) is 34.3 Å². The maximum absolute atomic E-state index is 5.31. The van der Waals surface area contributed by atoms with Crippen LogP contribution in [-0.4, -0.2) is 20.3 Å². The van der Waals surface area contributed by atoms with Crippen molar-refractivity contribution >= 4 is 34.4 Å². The highest BCUT2D eigenvalue weighted by molar-refractivity contribution is 8.01. The van der Waals surface area contributed by atoms with E-state index in [2.05, 4.69) is 20.3 Å². The van der Waals surface area contributed by atoms with Gasteiger partial charge >= 0.3 is 0 Å². The van der Waals surface area contributed by atoms with Crippen molar-refractivity contribution in [3.63, 3.8) is 0 Å². The molecule has 3 aromatic heterocycles. The number of aromatic nitrogens is 4. The standard InChI is InChI=1S/C11H10N4OS3/c1-6(18-11-14-13-7(2)19-11)10-12-9(15-16-10)8-4-3-5-17-8/h3-6H,1-2H3. The van der Waals surface area contributed by atoms with Crippen molar-refractivity contribution in [2.45, 2.75) is 23.4 Å². The summed E-state index contributed by atoms with van der Waals surface area (Å²) < 4.78 is 6.23. The lowest BCUT2D eigenvalue weighted by molar-refractivity contribution is 0.381. The lowest BCUT2D eigenvalue weighted by Gasteiger charge is -2.01. The normalized spacial score (nSPS) is 12.7. The quantitative estimate of drug-likeness (QED) is 0.683. The van der Waals surface area contributed by atoms with Gasteiger partial charge in [0.05, 0.1) is 10.1 Å². The molecule has 3 rings (SSSR count). The van der Waals surface area contributed by atoms with Gasteiger partial charge in [0.15, 0.2) is 4.34 Å². The number of hydrogen-bond acceptors (Lipinski definition) is 8. The summed E-state index contributed by atoms with van der Waals surface area (Å²) in [6, 6.07) is 3.95. The predicted octanol–water partition coefficient (Wildman–Crippen LogP) is 3.81. The van der Waals surface area contributed by atoms with Crippen LogP contribution in [0.3, 0.4) is 0 Å². The second-order valence-electron chi connectivity index (χ2n) is 3.78. The van der Waals surface area contributed by atoms with Crippen LogP contribution in [0.4, 0.5) is 0 Å². The highest BCUT2D eigenvalue weighted by Crippen LogP contribution is 2.36. The molecular weight excluding hydrogens is 300 g/mol. The van der Waals surface area contributed by atoms with Crippen molar-refractivity contribution in [2.75, 3.05) is 0 Å². The third kappa shape index (κ3) is 2.85. The second-order valence-corrected chi connectivity index (χ2v) is 7.50. The molecule has 0 fully saturated rings. The first-order valence-corrected chi connectivity index (χ1v) is 8.14. The SMILES string of the molecule is Cc1nnc(SC(C)c2nc(-c3cccs3)no2)s1. The van der Waals surface area contributed by atoms with E-state index in [1.807, 2.05) is 31.4 Å². The topological polar surface area (TPSA) is 64.7 Å². The van der Waals surface area contributed by atoms with E-state index in [4.69, 9.17) is 4.52 Å². The Morgan fingerprint density at radius 3 is 2.95 bits per heavy atom. The number of thiophene rings is 1. The van der Waals surface area contributed by atoms with Gasteiger partial charge in [0, 0.05) is 0 Å². The fourth-order valence-electron chi connectivity index (χ4n) is 1.43. The summed E-state index contributed by atoms with van der Waals surface area (Å²) in [7, 11) is 0. The molecule has 0 aromatic carbocycles. The summed E-state index contributed by atoms with van der Waals surface area (Å²) in [5.41, 5.74) is 0. The molecule has 0 spiro atoms. The Bertz CT molecular complexity index is 661. The first-order valence-electron chi connectivity index (χ1n) is 5.56. The molecule has 1 atom stereocenters. The molecule has 98 valence electrons. The van der Waals surface area contributed by atoms with Crippen LogP contribution >= 0.6 is 34.4 Å². The van der Waals surface area contributed by atoms with Crippen LogP contribution in [0.25, 0.3) is 10.7 Å². The number of hydrogen-bond donors (Lipinski definition) is 0. The van der Waals surface area contributed by atoms with Crippen molar-refractivity contribution in [1.29, 1.82) is 0 Å². The summed E-state index contributed by atoms with van der Waals surface area (Å²) in [5.74, 6) is 1.26. The molecule has 1 unspecified atom stereocenters. The maximum atomic E-state index is 5.31. The Labute approximate surface area is 122 Å².